The van der Waals surface area contributed by atoms with E-state index in [-0.39, 0.29) is 0 Å². The fourth-order valence-electron chi connectivity index (χ4n) is 2.28. The standard InChI is InChI=1S/C12H20N2O.C12H10/c1-5-9-13(10-6-2)15-14(11-7-3)12-8-4;1-3-7-11(8-4-1)12-9-5-2-6-10-12/h5-8H,1-4,9-12H2;1-10H. The first kappa shape index (κ1) is 22.3. The lowest BCUT2D eigenvalue weighted by Crippen LogP contribution is -2.35. The van der Waals surface area contributed by atoms with Crippen LogP contribution in [0.1, 0.15) is 0 Å². The molecule has 2 rings (SSSR count). The normalized spacial score (nSPS) is 10.0. The van der Waals surface area contributed by atoms with Gasteiger partial charge in [0.1, 0.15) is 0 Å². The molecule has 3 heteroatoms. The van der Waals surface area contributed by atoms with Gasteiger partial charge in [-0.2, -0.15) is 10.1 Å². The Balaban J connectivity index is 0.000000274. The Kier molecular flexibility index (Phi) is 11.9. The monoisotopic (exact) mass is 362 g/mol. The Labute approximate surface area is 164 Å². The molecule has 0 bridgehead atoms. The summed E-state index contributed by atoms with van der Waals surface area (Å²) in [5, 5.41) is 3.51. The van der Waals surface area contributed by atoms with E-state index in [0.717, 1.165) is 0 Å². The largest absolute Gasteiger partial charge is 0.207 e. The second-order valence-corrected chi connectivity index (χ2v) is 5.66. The molecule has 0 unspecified atom stereocenters. The zero-order valence-electron chi connectivity index (χ0n) is 16.0. The lowest BCUT2D eigenvalue weighted by atomic mass is 10.1. The Morgan fingerprint density at radius 1 is 0.556 bits per heavy atom. The van der Waals surface area contributed by atoms with Crippen molar-refractivity contribution in [2.75, 3.05) is 26.2 Å². The van der Waals surface area contributed by atoms with Crippen LogP contribution in [0.2, 0.25) is 0 Å². The van der Waals surface area contributed by atoms with E-state index in [0.29, 0.717) is 26.2 Å². The summed E-state index contributed by atoms with van der Waals surface area (Å²) in [5.41, 5.74) is 2.55. The third-order valence-electron chi connectivity index (χ3n) is 3.44. The van der Waals surface area contributed by atoms with Crippen molar-refractivity contribution < 1.29 is 4.94 Å². The molecule has 27 heavy (non-hydrogen) atoms. The van der Waals surface area contributed by atoms with Gasteiger partial charge in [-0.1, -0.05) is 85.0 Å². The van der Waals surface area contributed by atoms with Gasteiger partial charge in [0.25, 0.3) is 0 Å². The van der Waals surface area contributed by atoms with Gasteiger partial charge in [-0.05, 0) is 11.1 Å². The summed E-state index contributed by atoms with van der Waals surface area (Å²) in [4.78, 5) is 5.59. The number of hydrogen-bond acceptors (Lipinski definition) is 3. The van der Waals surface area contributed by atoms with E-state index in [1.807, 2.05) is 12.1 Å². The zero-order valence-corrected chi connectivity index (χ0v) is 16.0. The van der Waals surface area contributed by atoms with Crippen LogP contribution < -0.4 is 0 Å². The van der Waals surface area contributed by atoms with Crippen LogP contribution in [0.25, 0.3) is 11.1 Å². The molecule has 0 aliphatic heterocycles. The van der Waals surface area contributed by atoms with E-state index >= 15 is 0 Å². The second-order valence-electron chi connectivity index (χ2n) is 5.66. The van der Waals surface area contributed by atoms with Gasteiger partial charge in [0.05, 0.1) is 0 Å². The van der Waals surface area contributed by atoms with Gasteiger partial charge in [-0.25, -0.2) is 4.94 Å². The van der Waals surface area contributed by atoms with E-state index in [1.165, 1.54) is 11.1 Å². The number of rotatable bonds is 11. The van der Waals surface area contributed by atoms with Crippen LogP contribution in [0.4, 0.5) is 0 Å². The molecule has 0 aliphatic carbocycles. The molecule has 0 saturated carbocycles. The second kappa shape index (κ2) is 14.4. The molecule has 0 heterocycles. The van der Waals surface area contributed by atoms with Crippen molar-refractivity contribution in [1.29, 1.82) is 0 Å². The van der Waals surface area contributed by atoms with Crippen molar-refractivity contribution in [3.8, 4) is 11.1 Å². The van der Waals surface area contributed by atoms with Crippen LogP contribution in [-0.2, 0) is 4.94 Å². The highest BCUT2D eigenvalue weighted by Crippen LogP contribution is 2.17. The molecule has 0 N–H and O–H groups in total. The van der Waals surface area contributed by atoms with Crippen molar-refractivity contribution in [1.82, 2.24) is 10.1 Å². The highest BCUT2D eigenvalue weighted by atomic mass is 16.8. The SMILES string of the molecule is C=CCN(CC=C)ON(CC=C)CC=C.c1ccc(-c2ccccc2)cc1. The third kappa shape index (κ3) is 9.52. The minimum absolute atomic E-state index is 0.650. The predicted molar refractivity (Wildman–Crippen MR) is 117 cm³/mol. The maximum Gasteiger partial charge on any atom is 0.0441 e. The first-order valence-corrected chi connectivity index (χ1v) is 8.97. The third-order valence-corrected chi connectivity index (χ3v) is 3.44. The first-order valence-electron chi connectivity index (χ1n) is 8.97. The predicted octanol–water partition coefficient (Wildman–Crippen LogP) is 5.53. The van der Waals surface area contributed by atoms with Crippen molar-refractivity contribution >= 4 is 0 Å². The van der Waals surface area contributed by atoms with E-state index in [4.69, 9.17) is 4.94 Å². The molecule has 2 aromatic rings. The van der Waals surface area contributed by atoms with Crippen LogP contribution in [0, 0.1) is 0 Å². The Morgan fingerprint density at radius 2 is 0.852 bits per heavy atom. The summed E-state index contributed by atoms with van der Waals surface area (Å²) in [6.07, 6.45) is 7.12. The van der Waals surface area contributed by atoms with E-state index < -0.39 is 0 Å². The fraction of sp³-hybridized carbons (Fsp3) is 0.167. The minimum atomic E-state index is 0.650. The maximum atomic E-state index is 5.59. The molecule has 0 saturated heterocycles. The molecule has 142 valence electrons. The van der Waals surface area contributed by atoms with Crippen LogP contribution >= 0.6 is 0 Å². The highest BCUT2D eigenvalue weighted by Gasteiger charge is 2.07. The number of hydrogen-bond donors (Lipinski definition) is 0. The van der Waals surface area contributed by atoms with Gasteiger partial charge in [0.15, 0.2) is 0 Å². The molecule has 3 nitrogen and oxygen atoms in total. The van der Waals surface area contributed by atoms with Gasteiger partial charge >= 0.3 is 0 Å². The van der Waals surface area contributed by atoms with Gasteiger partial charge in [0, 0.05) is 26.2 Å². The Bertz CT molecular complexity index is 588. The molecule has 0 amide bonds. The molecule has 0 aliphatic rings. The van der Waals surface area contributed by atoms with Crippen LogP contribution in [0.15, 0.2) is 111 Å². The number of nitrogens with zero attached hydrogens (tertiary/aromatic N) is 2. The maximum absolute atomic E-state index is 5.59. The summed E-state index contributed by atoms with van der Waals surface area (Å²) >= 11 is 0. The molecule has 0 fully saturated rings. The lowest BCUT2D eigenvalue weighted by molar-refractivity contribution is -0.309. The van der Waals surface area contributed by atoms with E-state index in [9.17, 15) is 0 Å². The highest BCUT2D eigenvalue weighted by molar-refractivity contribution is 5.62. The minimum Gasteiger partial charge on any atom is -0.207 e. The topological polar surface area (TPSA) is 15.7 Å². The van der Waals surface area contributed by atoms with E-state index in [2.05, 4.69) is 74.8 Å². The van der Waals surface area contributed by atoms with Gasteiger partial charge < -0.3 is 0 Å². The summed E-state index contributed by atoms with van der Waals surface area (Å²) in [7, 11) is 0. The molecular formula is C24H30N2O. The quantitative estimate of drug-likeness (QED) is 0.386. The summed E-state index contributed by atoms with van der Waals surface area (Å²) in [5.74, 6) is 0. The first-order chi connectivity index (χ1) is 13.2. The number of hydroxylamine groups is 4. The Morgan fingerprint density at radius 3 is 1.11 bits per heavy atom. The van der Waals surface area contributed by atoms with Crippen molar-refractivity contribution in [3.63, 3.8) is 0 Å². The zero-order chi connectivity index (χ0) is 19.7. The van der Waals surface area contributed by atoms with Gasteiger partial charge in [-0.3, -0.25) is 0 Å². The average molecular weight is 363 g/mol. The Hall–Kier alpha value is -2.72. The fourth-order valence-corrected chi connectivity index (χ4v) is 2.28. The van der Waals surface area contributed by atoms with Gasteiger partial charge in [-0.15, -0.1) is 26.3 Å². The molecule has 0 radical (unpaired) electrons. The van der Waals surface area contributed by atoms with Crippen molar-refractivity contribution in [2.45, 2.75) is 0 Å². The van der Waals surface area contributed by atoms with Crippen molar-refractivity contribution in [3.05, 3.63) is 111 Å². The van der Waals surface area contributed by atoms with E-state index in [1.54, 1.807) is 34.4 Å². The van der Waals surface area contributed by atoms with Crippen LogP contribution in [0.5, 0.6) is 0 Å². The molecule has 0 atom stereocenters. The number of benzene rings is 2. The summed E-state index contributed by atoms with van der Waals surface area (Å²) in [6.45, 7) is 17.3. The summed E-state index contributed by atoms with van der Waals surface area (Å²) < 4.78 is 0. The van der Waals surface area contributed by atoms with Crippen LogP contribution in [0.3, 0.4) is 0 Å². The smallest absolute Gasteiger partial charge is 0.0441 e. The average Bonchev–Trinajstić information content (AvgIpc) is 2.71. The van der Waals surface area contributed by atoms with Gasteiger partial charge in [0.2, 0.25) is 0 Å². The molecule has 0 spiro atoms. The van der Waals surface area contributed by atoms with Crippen LogP contribution in [-0.4, -0.2) is 36.3 Å². The molecular weight excluding hydrogens is 332 g/mol. The van der Waals surface area contributed by atoms with Crippen molar-refractivity contribution in [2.24, 2.45) is 0 Å². The lowest BCUT2D eigenvalue weighted by Gasteiger charge is -2.26. The molecule has 2 aromatic carbocycles. The molecule has 0 aromatic heterocycles. The summed E-state index contributed by atoms with van der Waals surface area (Å²) in [6, 6.07) is 20.8.